The van der Waals surface area contributed by atoms with Gasteiger partial charge < -0.3 is 10.6 Å². The number of rotatable bonds is 5. The summed E-state index contributed by atoms with van der Waals surface area (Å²) < 4.78 is 0. The first-order chi connectivity index (χ1) is 9.08. The van der Waals surface area contributed by atoms with Crippen molar-refractivity contribution in [3.05, 3.63) is 52.2 Å². The molecule has 2 unspecified atom stereocenters. The summed E-state index contributed by atoms with van der Waals surface area (Å²) in [5.74, 6) is 0. The number of anilines is 1. The molecule has 0 amide bonds. The number of nitrogens with zero attached hydrogens (tertiary/aromatic N) is 1. The lowest BCUT2D eigenvalue weighted by molar-refractivity contribution is 0.688. The molecule has 0 fully saturated rings. The van der Waals surface area contributed by atoms with E-state index in [9.17, 15) is 0 Å². The maximum atomic E-state index is 5.88. The molecule has 0 aliphatic heterocycles. The number of hydrogen-bond donors (Lipinski definition) is 1. The van der Waals surface area contributed by atoms with Gasteiger partial charge in [0.25, 0.3) is 0 Å². The highest BCUT2D eigenvalue weighted by atomic mass is 32.1. The Kier molecular flexibility index (Phi) is 4.61. The van der Waals surface area contributed by atoms with Crippen LogP contribution in [-0.2, 0) is 6.42 Å². The van der Waals surface area contributed by atoms with E-state index >= 15 is 0 Å². The van der Waals surface area contributed by atoms with Gasteiger partial charge in [0.1, 0.15) is 0 Å². The molecular weight excluding hydrogens is 252 g/mol. The minimum absolute atomic E-state index is 0.0999. The second kappa shape index (κ2) is 6.22. The van der Waals surface area contributed by atoms with Crippen molar-refractivity contribution in [1.29, 1.82) is 0 Å². The van der Waals surface area contributed by atoms with Crippen LogP contribution in [0.2, 0.25) is 0 Å². The molecule has 0 aliphatic rings. The molecule has 0 saturated heterocycles. The molecule has 2 N–H and O–H groups in total. The topological polar surface area (TPSA) is 29.3 Å². The lowest BCUT2D eigenvalue weighted by atomic mass is 10.1. The maximum absolute atomic E-state index is 5.88. The third kappa shape index (κ3) is 3.58. The van der Waals surface area contributed by atoms with E-state index in [1.54, 1.807) is 0 Å². The molecule has 0 radical (unpaired) electrons. The van der Waals surface area contributed by atoms with Gasteiger partial charge in [-0.2, -0.15) is 0 Å². The van der Waals surface area contributed by atoms with E-state index < -0.39 is 0 Å². The van der Waals surface area contributed by atoms with Gasteiger partial charge in [-0.15, -0.1) is 11.3 Å². The molecule has 0 bridgehead atoms. The summed E-state index contributed by atoms with van der Waals surface area (Å²) in [5.41, 5.74) is 8.31. The molecule has 1 aromatic carbocycles. The molecular formula is C16H22N2S. The van der Waals surface area contributed by atoms with Gasteiger partial charge in [-0.3, -0.25) is 0 Å². The Bertz CT molecular complexity index is 488. The van der Waals surface area contributed by atoms with Crippen molar-refractivity contribution in [3.63, 3.8) is 0 Å². The van der Waals surface area contributed by atoms with E-state index in [1.165, 1.54) is 16.1 Å². The van der Waals surface area contributed by atoms with E-state index in [2.05, 4.69) is 60.6 Å². The summed E-state index contributed by atoms with van der Waals surface area (Å²) in [6.07, 6.45) is 1.09. The SMILES string of the molecule is CC(N)c1ccc(N(C)C(C)Cc2cccs2)cc1. The van der Waals surface area contributed by atoms with Gasteiger partial charge in [0, 0.05) is 36.1 Å². The van der Waals surface area contributed by atoms with Crippen LogP contribution in [0, 0.1) is 0 Å². The van der Waals surface area contributed by atoms with Crippen LogP contribution < -0.4 is 10.6 Å². The summed E-state index contributed by atoms with van der Waals surface area (Å²) in [6.45, 7) is 4.28. The fourth-order valence-electron chi connectivity index (χ4n) is 2.12. The van der Waals surface area contributed by atoms with E-state index in [0.717, 1.165) is 6.42 Å². The van der Waals surface area contributed by atoms with Crippen molar-refractivity contribution in [2.24, 2.45) is 5.73 Å². The van der Waals surface area contributed by atoms with Crippen LogP contribution in [0.3, 0.4) is 0 Å². The summed E-state index contributed by atoms with van der Waals surface area (Å²) in [7, 11) is 2.15. The molecule has 3 heteroatoms. The molecule has 2 rings (SSSR count). The monoisotopic (exact) mass is 274 g/mol. The fraction of sp³-hybridized carbons (Fsp3) is 0.375. The fourth-order valence-corrected chi connectivity index (χ4v) is 2.95. The molecule has 2 nitrogen and oxygen atoms in total. The summed E-state index contributed by atoms with van der Waals surface area (Å²) in [4.78, 5) is 3.76. The second-order valence-electron chi connectivity index (χ2n) is 5.12. The first-order valence-electron chi connectivity index (χ1n) is 6.68. The van der Waals surface area contributed by atoms with Gasteiger partial charge in [-0.25, -0.2) is 0 Å². The minimum Gasteiger partial charge on any atom is -0.372 e. The van der Waals surface area contributed by atoms with Gasteiger partial charge in [0.15, 0.2) is 0 Å². The Balaban J connectivity index is 2.04. The van der Waals surface area contributed by atoms with Gasteiger partial charge >= 0.3 is 0 Å². The van der Waals surface area contributed by atoms with Crippen LogP contribution in [0.15, 0.2) is 41.8 Å². The molecule has 2 atom stereocenters. The van der Waals surface area contributed by atoms with Crippen molar-refractivity contribution in [1.82, 2.24) is 0 Å². The molecule has 2 aromatic rings. The normalized spacial score (nSPS) is 14.1. The van der Waals surface area contributed by atoms with Crippen LogP contribution in [0.5, 0.6) is 0 Å². The van der Waals surface area contributed by atoms with Gasteiger partial charge in [-0.05, 0) is 43.0 Å². The first kappa shape index (κ1) is 14.1. The van der Waals surface area contributed by atoms with Gasteiger partial charge in [-0.1, -0.05) is 18.2 Å². The zero-order chi connectivity index (χ0) is 13.8. The van der Waals surface area contributed by atoms with E-state index in [4.69, 9.17) is 5.73 Å². The highest BCUT2D eigenvalue weighted by Crippen LogP contribution is 2.21. The molecule has 102 valence electrons. The number of likely N-dealkylation sites (N-methyl/N-ethyl adjacent to an activating group) is 1. The Morgan fingerprint density at radius 3 is 2.37 bits per heavy atom. The Morgan fingerprint density at radius 2 is 1.84 bits per heavy atom. The zero-order valence-electron chi connectivity index (χ0n) is 11.8. The lowest BCUT2D eigenvalue weighted by Crippen LogP contribution is -2.30. The standard InChI is InChI=1S/C16H22N2S/c1-12(11-16-5-4-10-19-16)18(3)15-8-6-14(7-9-15)13(2)17/h4-10,12-13H,11,17H2,1-3H3. The Morgan fingerprint density at radius 1 is 1.16 bits per heavy atom. The highest BCUT2D eigenvalue weighted by Gasteiger charge is 2.11. The Hall–Kier alpha value is -1.32. The van der Waals surface area contributed by atoms with E-state index in [-0.39, 0.29) is 6.04 Å². The quantitative estimate of drug-likeness (QED) is 0.897. The van der Waals surface area contributed by atoms with Crippen molar-refractivity contribution >= 4 is 17.0 Å². The molecule has 0 aliphatic carbocycles. The first-order valence-corrected chi connectivity index (χ1v) is 7.56. The maximum Gasteiger partial charge on any atom is 0.0366 e. The predicted octanol–water partition coefficient (Wildman–Crippen LogP) is 3.84. The molecule has 0 saturated carbocycles. The summed E-state index contributed by atoms with van der Waals surface area (Å²) in [5, 5.41) is 2.14. The lowest BCUT2D eigenvalue weighted by Gasteiger charge is -2.27. The predicted molar refractivity (Wildman–Crippen MR) is 84.9 cm³/mol. The van der Waals surface area contributed by atoms with Gasteiger partial charge in [0.2, 0.25) is 0 Å². The smallest absolute Gasteiger partial charge is 0.0366 e. The van der Waals surface area contributed by atoms with Crippen LogP contribution in [-0.4, -0.2) is 13.1 Å². The van der Waals surface area contributed by atoms with E-state index in [0.29, 0.717) is 6.04 Å². The van der Waals surface area contributed by atoms with Crippen LogP contribution >= 0.6 is 11.3 Å². The van der Waals surface area contributed by atoms with Crippen molar-refractivity contribution in [3.8, 4) is 0 Å². The van der Waals surface area contributed by atoms with Crippen molar-refractivity contribution in [2.75, 3.05) is 11.9 Å². The van der Waals surface area contributed by atoms with Crippen LogP contribution in [0.1, 0.15) is 30.3 Å². The molecule has 1 aromatic heterocycles. The van der Waals surface area contributed by atoms with Gasteiger partial charge in [0.05, 0.1) is 0 Å². The largest absolute Gasteiger partial charge is 0.372 e. The summed E-state index contributed by atoms with van der Waals surface area (Å²) in [6, 6.07) is 13.5. The summed E-state index contributed by atoms with van der Waals surface area (Å²) >= 11 is 1.83. The molecule has 0 spiro atoms. The number of hydrogen-bond acceptors (Lipinski definition) is 3. The zero-order valence-corrected chi connectivity index (χ0v) is 12.7. The highest BCUT2D eigenvalue weighted by molar-refractivity contribution is 7.09. The van der Waals surface area contributed by atoms with Crippen LogP contribution in [0.4, 0.5) is 5.69 Å². The molecule has 1 heterocycles. The Labute approximate surface area is 119 Å². The van der Waals surface area contributed by atoms with Crippen LogP contribution in [0.25, 0.3) is 0 Å². The number of thiophene rings is 1. The third-order valence-corrected chi connectivity index (χ3v) is 4.46. The third-order valence-electron chi connectivity index (χ3n) is 3.56. The average molecular weight is 274 g/mol. The second-order valence-corrected chi connectivity index (χ2v) is 6.16. The average Bonchev–Trinajstić information content (AvgIpc) is 2.90. The minimum atomic E-state index is 0.0999. The number of benzene rings is 1. The number of nitrogens with two attached hydrogens (primary N) is 1. The molecule has 19 heavy (non-hydrogen) atoms. The van der Waals surface area contributed by atoms with Crippen molar-refractivity contribution < 1.29 is 0 Å². The van der Waals surface area contributed by atoms with E-state index in [1.807, 2.05) is 18.3 Å². The van der Waals surface area contributed by atoms with Crippen molar-refractivity contribution in [2.45, 2.75) is 32.4 Å².